The Morgan fingerprint density at radius 1 is 1.40 bits per heavy atom. The molecule has 0 rings (SSSR count). The van der Waals surface area contributed by atoms with Crippen molar-refractivity contribution < 1.29 is 0 Å². The van der Waals surface area contributed by atoms with Crippen LogP contribution in [0, 0.1) is 0 Å². The van der Waals surface area contributed by atoms with E-state index in [0.717, 1.165) is 19.4 Å². The van der Waals surface area contributed by atoms with E-state index in [4.69, 9.17) is 0 Å². The van der Waals surface area contributed by atoms with Crippen LogP contribution in [0.2, 0.25) is 0 Å². The van der Waals surface area contributed by atoms with Gasteiger partial charge in [-0.3, -0.25) is 0 Å². The first-order valence-corrected chi connectivity index (χ1v) is 3.76. The van der Waals surface area contributed by atoms with Crippen molar-refractivity contribution in [2.45, 2.75) is 25.8 Å². The van der Waals surface area contributed by atoms with Gasteiger partial charge < -0.3 is 5.32 Å². The second kappa shape index (κ2) is 6.56. The molecule has 1 atom stereocenters. The van der Waals surface area contributed by atoms with E-state index >= 15 is 0 Å². The fourth-order valence-electron chi connectivity index (χ4n) is 0.754. The summed E-state index contributed by atoms with van der Waals surface area (Å²) in [5, 5.41) is 3.30. The lowest BCUT2D eigenvalue weighted by molar-refractivity contribution is 0.548. The number of nitrogens with one attached hydrogen (secondary N) is 1. The molecule has 0 saturated carbocycles. The van der Waals surface area contributed by atoms with Gasteiger partial charge in [-0.2, -0.15) is 0 Å². The third kappa shape index (κ3) is 5.57. The van der Waals surface area contributed by atoms with Crippen LogP contribution in [0.25, 0.3) is 0 Å². The summed E-state index contributed by atoms with van der Waals surface area (Å²) < 4.78 is 0. The third-order valence-electron chi connectivity index (χ3n) is 1.41. The zero-order valence-electron chi connectivity index (χ0n) is 6.77. The lowest BCUT2D eigenvalue weighted by atomic mass is 10.2. The van der Waals surface area contributed by atoms with Crippen LogP contribution in [-0.4, -0.2) is 12.6 Å². The SMILES string of the molecule is C=CCC[C@H](C)NCC=C. The summed E-state index contributed by atoms with van der Waals surface area (Å²) >= 11 is 0. The van der Waals surface area contributed by atoms with Crippen LogP contribution < -0.4 is 5.32 Å². The summed E-state index contributed by atoms with van der Waals surface area (Å²) in [4.78, 5) is 0. The van der Waals surface area contributed by atoms with Gasteiger partial charge in [0, 0.05) is 12.6 Å². The van der Waals surface area contributed by atoms with Gasteiger partial charge in [-0.15, -0.1) is 13.2 Å². The standard InChI is InChI=1S/C9H17N/c1-4-6-7-9(3)10-8-5-2/h4-5,9-10H,1-2,6-8H2,3H3/t9-/m0/s1. The molecule has 0 heterocycles. The molecule has 1 N–H and O–H groups in total. The maximum Gasteiger partial charge on any atom is 0.0134 e. The van der Waals surface area contributed by atoms with E-state index < -0.39 is 0 Å². The Kier molecular flexibility index (Phi) is 6.19. The summed E-state index contributed by atoms with van der Waals surface area (Å²) in [6, 6.07) is 0.580. The summed E-state index contributed by atoms with van der Waals surface area (Å²) in [5.41, 5.74) is 0. The van der Waals surface area contributed by atoms with Crippen LogP contribution in [0.4, 0.5) is 0 Å². The molecule has 0 aliphatic carbocycles. The average Bonchev–Trinajstić information content (AvgIpc) is 1.97. The van der Waals surface area contributed by atoms with Crippen molar-refractivity contribution in [2.75, 3.05) is 6.54 Å². The predicted molar refractivity (Wildman–Crippen MR) is 47.1 cm³/mol. The minimum Gasteiger partial charge on any atom is -0.311 e. The van der Waals surface area contributed by atoms with E-state index in [1.807, 2.05) is 12.2 Å². The molecule has 0 spiro atoms. The summed E-state index contributed by atoms with van der Waals surface area (Å²) in [6.07, 6.45) is 6.08. The summed E-state index contributed by atoms with van der Waals surface area (Å²) in [7, 11) is 0. The Bertz CT molecular complexity index is 84.9. The monoisotopic (exact) mass is 139 g/mol. The fraction of sp³-hybridized carbons (Fsp3) is 0.556. The Balaban J connectivity index is 3.15. The van der Waals surface area contributed by atoms with E-state index in [1.54, 1.807) is 0 Å². The molecule has 0 aromatic rings. The topological polar surface area (TPSA) is 12.0 Å². The van der Waals surface area contributed by atoms with Gasteiger partial charge in [-0.05, 0) is 19.8 Å². The Morgan fingerprint density at radius 2 is 2.10 bits per heavy atom. The van der Waals surface area contributed by atoms with Gasteiger partial charge in [-0.1, -0.05) is 12.2 Å². The molecule has 0 amide bonds. The van der Waals surface area contributed by atoms with Crippen molar-refractivity contribution in [3.05, 3.63) is 25.3 Å². The molecule has 0 aromatic heterocycles. The van der Waals surface area contributed by atoms with Crippen molar-refractivity contribution in [3.63, 3.8) is 0 Å². The van der Waals surface area contributed by atoms with Gasteiger partial charge in [0.1, 0.15) is 0 Å². The molecule has 1 heteroatoms. The van der Waals surface area contributed by atoms with Gasteiger partial charge in [0.2, 0.25) is 0 Å². The minimum atomic E-state index is 0.580. The third-order valence-corrected chi connectivity index (χ3v) is 1.41. The smallest absolute Gasteiger partial charge is 0.0134 e. The molecule has 0 unspecified atom stereocenters. The maximum absolute atomic E-state index is 3.66. The molecule has 10 heavy (non-hydrogen) atoms. The molecule has 0 aliphatic heterocycles. The molecule has 0 saturated heterocycles. The number of hydrogen-bond donors (Lipinski definition) is 1. The zero-order valence-corrected chi connectivity index (χ0v) is 6.77. The van der Waals surface area contributed by atoms with Crippen LogP contribution in [0.15, 0.2) is 25.3 Å². The van der Waals surface area contributed by atoms with E-state index in [9.17, 15) is 0 Å². The molecule has 0 bridgehead atoms. The van der Waals surface area contributed by atoms with Crippen molar-refractivity contribution in [1.29, 1.82) is 0 Å². The van der Waals surface area contributed by atoms with Crippen LogP contribution >= 0.6 is 0 Å². The lowest BCUT2D eigenvalue weighted by Gasteiger charge is -2.09. The van der Waals surface area contributed by atoms with E-state index in [1.165, 1.54) is 0 Å². The molecule has 0 aromatic carbocycles. The Labute approximate surface area is 63.8 Å². The minimum absolute atomic E-state index is 0.580. The fourth-order valence-corrected chi connectivity index (χ4v) is 0.754. The van der Waals surface area contributed by atoms with Gasteiger partial charge in [-0.25, -0.2) is 0 Å². The van der Waals surface area contributed by atoms with Crippen LogP contribution in [0.5, 0.6) is 0 Å². The van der Waals surface area contributed by atoms with Crippen molar-refractivity contribution in [1.82, 2.24) is 5.32 Å². The number of allylic oxidation sites excluding steroid dienone is 1. The Morgan fingerprint density at radius 3 is 2.60 bits per heavy atom. The zero-order chi connectivity index (χ0) is 7.82. The van der Waals surface area contributed by atoms with Gasteiger partial charge in [0.05, 0.1) is 0 Å². The molecule has 0 radical (unpaired) electrons. The van der Waals surface area contributed by atoms with E-state index in [2.05, 4.69) is 25.4 Å². The predicted octanol–water partition coefficient (Wildman–Crippen LogP) is 2.12. The van der Waals surface area contributed by atoms with Gasteiger partial charge >= 0.3 is 0 Å². The molecule has 58 valence electrons. The van der Waals surface area contributed by atoms with Crippen LogP contribution in [-0.2, 0) is 0 Å². The second-order valence-corrected chi connectivity index (χ2v) is 2.46. The highest BCUT2D eigenvalue weighted by atomic mass is 14.9. The van der Waals surface area contributed by atoms with Crippen LogP contribution in [0.3, 0.4) is 0 Å². The molecular formula is C9H17N. The Hall–Kier alpha value is -0.560. The second-order valence-electron chi connectivity index (χ2n) is 2.46. The highest BCUT2D eigenvalue weighted by Gasteiger charge is 1.95. The van der Waals surface area contributed by atoms with Crippen molar-refractivity contribution >= 4 is 0 Å². The molecular weight excluding hydrogens is 122 g/mol. The highest BCUT2D eigenvalue weighted by Crippen LogP contribution is 1.95. The lowest BCUT2D eigenvalue weighted by Crippen LogP contribution is -2.25. The van der Waals surface area contributed by atoms with E-state index in [0.29, 0.717) is 6.04 Å². The van der Waals surface area contributed by atoms with Crippen molar-refractivity contribution in [2.24, 2.45) is 0 Å². The van der Waals surface area contributed by atoms with Crippen molar-refractivity contribution in [3.8, 4) is 0 Å². The summed E-state index contributed by atoms with van der Waals surface area (Å²) in [6.45, 7) is 10.4. The number of rotatable bonds is 6. The first-order valence-electron chi connectivity index (χ1n) is 3.76. The quantitative estimate of drug-likeness (QED) is 0.556. The maximum atomic E-state index is 3.66. The highest BCUT2D eigenvalue weighted by molar-refractivity contribution is 4.75. The average molecular weight is 139 g/mol. The normalized spacial score (nSPS) is 12.5. The van der Waals surface area contributed by atoms with E-state index in [-0.39, 0.29) is 0 Å². The first-order chi connectivity index (χ1) is 4.81. The molecule has 0 fully saturated rings. The molecule has 0 aliphatic rings. The number of hydrogen-bond acceptors (Lipinski definition) is 1. The molecule has 1 nitrogen and oxygen atoms in total. The first kappa shape index (κ1) is 9.44. The summed E-state index contributed by atoms with van der Waals surface area (Å²) in [5.74, 6) is 0. The van der Waals surface area contributed by atoms with Crippen LogP contribution in [0.1, 0.15) is 19.8 Å². The van der Waals surface area contributed by atoms with Gasteiger partial charge in [0.15, 0.2) is 0 Å². The largest absolute Gasteiger partial charge is 0.311 e. The van der Waals surface area contributed by atoms with Gasteiger partial charge in [0.25, 0.3) is 0 Å².